The summed E-state index contributed by atoms with van der Waals surface area (Å²) in [7, 11) is 1.58. The molecule has 40 heavy (non-hydrogen) atoms. The van der Waals surface area contributed by atoms with Crippen molar-refractivity contribution in [2.45, 2.75) is 52.7 Å². The van der Waals surface area contributed by atoms with Gasteiger partial charge in [0.2, 0.25) is 11.8 Å². The smallest absolute Gasteiger partial charge is 0.303 e. The second-order valence-corrected chi connectivity index (χ2v) is 9.84. The lowest BCUT2D eigenvalue weighted by Crippen LogP contribution is -2.24. The van der Waals surface area contributed by atoms with E-state index in [9.17, 15) is 14.4 Å². The Balaban J connectivity index is 1.59. The van der Waals surface area contributed by atoms with Crippen LogP contribution in [0.15, 0.2) is 60.8 Å². The number of fused-ring (bicyclic) bond motifs is 1. The quantitative estimate of drug-likeness (QED) is 0.240. The number of aryl methyl sites for hydroxylation is 3. The summed E-state index contributed by atoms with van der Waals surface area (Å²) in [6.45, 7) is 5.92. The van der Waals surface area contributed by atoms with E-state index in [4.69, 9.17) is 9.84 Å². The highest BCUT2D eigenvalue weighted by Gasteiger charge is 2.20. The molecule has 4 aromatic rings. The first-order valence-corrected chi connectivity index (χ1v) is 13.2. The number of aromatic nitrogens is 2. The number of ether oxygens (including phenoxy) is 1. The molecule has 0 aliphatic carbocycles. The highest BCUT2D eigenvalue weighted by Crippen LogP contribution is 2.28. The van der Waals surface area contributed by atoms with Crippen LogP contribution in [0.25, 0.3) is 10.9 Å². The molecule has 1 unspecified atom stereocenters. The third-order valence-corrected chi connectivity index (χ3v) is 6.84. The zero-order valence-electron chi connectivity index (χ0n) is 23.2. The van der Waals surface area contributed by atoms with E-state index in [1.54, 1.807) is 32.2 Å². The van der Waals surface area contributed by atoms with E-state index >= 15 is 0 Å². The van der Waals surface area contributed by atoms with E-state index < -0.39 is 12.0 Å². The molecule has 2 aromatic heterocycles. The van der Waals surface area contributed by atoms with Gasteiger partial charge in [0.25, 0.3) is 5.91 Å². The van der Waals surface area contributed by atoms with Crippen molar-refractivity contribution in [1.29, 1.82) is 0 Å². The number of carboxylic acid groups (broad SMARTS) is 1. The minimum Gasteiger partial charge on any atom is -0.481 e. The fourth-order valence-corrected chi connectivity index (χ4v) is 4.63. The standard InChI is InChI=1S/C31H34N4O5/c1-19-17-35(27-16-24(31(39)32-4)13-14-25(19)27)21(3)30(38)34-26-15-22(11-12-23(26)8-6-10-29(36)37)18-40-28-9-5-7-20(2)33-28/h5,7,9,11-17,21H,6,8,10,18H2,1-4H3,(H,32,39)(H,34,38)(H,36,37). The summed E-state index contributed by atoms with van der Waals surface area (Å²) in [6, 6.07) is 16.1. The van der Waals surface area contributed by atoms with E-state index in [0.717, 1.165) is 33.3 Å². The summed E-state index contributed by atoms with van der Waals surface area (Å²) in [5, 5.41) is 15.7. The number of hydrogen-bond acceptors (Lipinski definition) is 5. The Bertz CT molecular complexity index is 1560. The number of carboxylic acids is 1. The molecule has 9 heteroatoms. The lowest BCUT2D eigenvalue weighted by atomic mass is 10.0. The van der Waals surface area contributed by atoms with Crippen LogP contribution in [0.4, 0.5) is 5.69 Å². The lowest BCUT2D eigenvalue weighted by molar-refractivity contribution is -0.137. The van der Waals surface area contributed by atoms with Crippen molar-refractivity contribution in [2.75, 3.05) is 12.4 Å². The molecule has 208 valence electrons. The summed E-state index contributed by atoms with van der Waals surface area (Å²) in [5.41, 5.74) is 5.44. The van der Waals surface area contributed by atoms with Crippen LogP contribution in [0.2, 0.25) is 0 Å². The van der Waals surface area contributed by atoms with Crippen LogP contribution in [0.1, 0.15) is 58.5 Å². The first kappa shape index (κ1) is 28.4. The molecule has 0 fully saturated rings. The number of pyridine rings is 1. The second-order valence-electron chi connectivity index (χ2n) is 9.84. The Morgan fingerprint density at radius 3 is 2.60 bits per heavy atom. The predicted octanol–water partition coefficient (Wildman–Crippen LogP) is 5.20. The minimum atomic E-state index is -0.860. The Morgan fingerprint density at radius 2 is 1.88 bits per heavy atom. The summed E-state index contributed by atoms with van der Waals surface area (Å²) in [5.74, 6) is -0.785. The molecule has 0 radical (unpaired) electrons. The van der Waals surface area contributed by atoms with E-state index in [1.807, 2.05) is 61.0 Å². The molecule has 2 heterocycles. The van der Waals surface area contributed by atoms with E-state index in [0.29, 0.717) is 30.0 Å². The average Bonchev–Trinajstić information content (AvgIpc) is 3.27. The zero-order chi connectivity index (χ0) is 28.8. The van der Waals surface area contributed by atoms with E-state index in [1.165, 1.54) is 0 Å². The molecule has 3 N–H and O–H groups in total. The minimum absolute atomic E-state index is 0.0377. The summed E-state index contributed by atoms with van der Waals surface area (Å²) in [6.07, 6.45) is 2.89. The number of rotatable bonds is 11. The number of amides is 2. The van der Waals surface area contributed by atoms with Gasteiger partial charge in [0, 0.05) is 53.6 Å². The van der Waals surface area contributed by atoms with Gasteiger partial charge in [0.15, 0.2) is 0 Å². The lowest BCUT2D eigenvalue weighted by Gasteiger charge is -2.18. The Kier molecular flexibility index (Phi) is 8.83. The first-order chi connectivity index (χ1) is 19.2. The summed E-state index contributed by atoms with van der Waals surface area (Å²) < 4.78 is 7.72. The second kappa shape index (κ2) is 12.5. The van der Waals surface area contributed by atoms with Gasteiger partial charge in [-0.25, -0.2) is 4.98 Å². The number of hydrogen-bond donors (Lipinski definition) is 3. The van der Waals surface area contributed by atoms with Crippen LogP contribution < -0.4 is 15.4 Å². The highest BCUT2D eigenvalue weighted by atomic mass is 16.5. The predicted molar refractivity (Wildman–Crippen MR) is 154 cm³/mol. The largest absolute Gasteiger partial charge is 0.481 e. The molecule has 2 aromatic carbocycles. The molecule has 0 aliphatic heterocycles. The summed E-state index contributed by atoms with van der Waals surface area (Å²) in [4.78, 5) is 41.2. The number of nitrogens with one attached hydrogen (secondary N) is 2. The van der Waals surface area contributed by atoms with Crippen molar-refractivity contribution in [1.82, 2.24) is 14.9 Å². The topological polar surface area (TPSA) is 123 Å². The summed E-state index contributed by atoms with van der Waals surface area (Å²) >= 11 is 0. The van der Waals surface area contributed by atoms with Crippen molar-refractivity contribution in [2.24, 2.45) is 0 Å². The van der Waals surface area contributed by atoms with Crippen LogP contribution in [0.3, 0.4) is 0 Å². The molecule has 0 bridgehead atoms. The maximum atomic E-state index is 13.6. The van der Waals surface area contributed by atoms with Crippen molar-refractivity contribution in [3.63, 3.8) is 0 Å². The number of carbonyl (C=O) groups excluding carboxylic acids is 2. The van der Waals surface area contributed by atoms with Crippen LogP contribution >= 0.6 is 0 Å². The SMILES string of the molecule is CNC(=O)c1ccc2c(C)cn(C(C)C(=O)Nc3cc(COc4cccc(C)n4)ccc3CCCC(=O)O)c2c1. The van der Waals surface area contributed by atoms with Gasteiger partial charge in [-0.1, -0.05) is 24.3 Å². The van der Waals surface area contributed by atoms with Crippen molar-refractivity contribution in [3.05, 3.63) is 88.7 Å². The number of anilines is 1. The fraction of sp³-hybridized carbons (Fsp3) is 0.290. The molecule has 0 saturated heterocycles. The third kappa shape index (κ3) is 6.66. The maximum absolute atomic E-state index is 13.6. The van der Waals surface area contributed by atoms with Gasteiger partial charge >= 0.3 is 5.97 Å². The molecule has 0 aliphatic rings. The van der Waals surface area contributed by atoms with Crippen LogP contribution in [-0.2, 0) is 22.6 Å². The van der Waals surface area contributed by atoms with Gasteiger partial charge in [0.1, 0.15) is 12.6 Å². The molecule has 4 rings (SSSR count). The van der Waals surface area contributed by atoms with Crippen molar-refractivity contribution in [3.8, 4) is 5.88 Å². The Labute approximate surface area is 233 Å². The maximum Gasteiger partial charge on any atom is 0.303 e. The van der Waals surface area contributed by atoms with Gasteiger partial charge in [-0.3, -0.25) is 14.4 Å². The average molecular weight is 543 g/mol. The number of benzene rings is 2. The molecular weight excluding hydrogens is 508 g/mol. The van der Waals surface area contributed by atoms with Gasteiger partial charge < -0.3 is 25.0 Å². The third-order valence-electron chi connectivity index (χ3n) is 6.84. The molecular formula is C31H34N4O5. The van der Waals surface area contributed by atoms with Crippen LogP contribution in [0.5, 0.6) is 5.88 Å². The van der Waals surface area contributed by atoms with Gasteiger partial charge in [0.05, 0.1) is 0 Å². The Morgan fingerprint density at radius 1 is 1.07 bits per heavy atom. The number of aliphatic carboxylic acids is 1. The highest BCUT2D eigenvalue weighted by molar-refractivity contribution is 6.00. The monoisotopic (exact) mass is 542 g/mol. The molecule has 0 spiro atoms. The first-order valence-electron chi connectivity index (χ1n) is 13.2. The molecule has 2 amide bonds. The molecule has 0 saturated carbocycles. The Hall–Kier alpha value is -4.66. The zero-order valence-corrected chi connectivity index (χ0v) is 23.2. The van der Waals surface area contributed by atoms with Gasteiger partial charge in [-0.2, -0.15) is 0 Å². The van der Waals surface area contributed by atoms with Crippen molar-refractivity contribution >= 4 is 34.4 Å². The molecule has 9 nitrogen and oxygen atoms in total. The van der Waals surface area contributed by atoms with Crippen LogP contribution in [-0.4, -0.2) is 39.5 Å². The normalized spacial score (nSPS) is 11.7. The van der Waals surface area contributed by atoms with Crippen molar-refractivity contribution < 1.29 is 24.2 Å². The van der Waals surface area contributed by atoms with Gasteiger partial charge in [-0.15, -0.1) is 0 Å². The fourth-order valence-electron chi connectivity index (χ4n) is 4.63. The number of carbonyl (C=O) groups is 3. The van der Waals surface area contributed by atoms with E-state index in [2.05, 4.69) is 15.6 Å². The molecule has 1 atom stereocenters. The van der Waals surface area contributed by atoms with Gasteiger partial charge in [-0.05, 0) is 74.6 Å². The number of nitrogens with zero attached hydrogens (tertiary/aromatic N) is 2. The van der Waals surface area contributed by atoms with Crippen LogP contribution in [0, 0.1) is 13.8 Å². The van der Waals surface area contributed by atoms with E-state index in [-0.39, 0.29) is 24.8 Å².